The van der Waals surface area contributed by atoms with Crippen molar-refractivity contribution in [3.63, 3.8) is 0 Å². The second-order valence-electron chi connectivity index (χ2n) is 5.63. The molecule has 3 unspecified atom stereocenters. The molecule has 108 valence electrons. The Labute approximate surface area is 123 Å². The highest BCUT2D eigenvalue weighted by molar-refractivity contribution is 5.96. The Morgan fingerprint density at radius 2 is 2.05 bits per heavy atom. The average Bonchev–Trinajstić information content (AvgIpc) is 3.13. The van der Waals surface area contributed by atoms with Crippen LogP contribution >= 0.6 is 0 Å². The van der Waals surface area contributed by atoms with Crippen LogP contribution in [0.15, 0.2) is 48.1 Å². The molecule has 0 aromatic heterocycles. The first-order chi connectivity index (χ1) is 10.3. The standard InChI is InChI=1S/C17H17NO3/c19-17(12-6-8-15-16(9-12)21-10-20-15)18-14-7-5-11-3-1-2-4-13(11)14/h1-4,6,8-9,14-16H,5,7,10H2,(H,18,19). The number of amides is 1. The smallest absolute Gasteiger partial charge is 0.251 e. The molecule has 4 rings (SSSR count). The predicted molar refractivity (Wildman–Crippen MR) is 77.5 cm³/mol. The van der Waals surface area contributed by atoms with Gasteiger partial charge in [0.1, 0.15) is 19.0 Å². The van der Waals surface area contributed by atoms with Crippen molar-refractivity contribution in [1.29, 1.82) is 0 Å². The quantitative estimate of drug-likeness (QED) is 0.903. The highest BCUT2D eigenvalue weighted by atomic mass is 16.7. The van der Waals surface area contributed by atoms with Crippen molar-refractivity contribution < 1.29 is 14.3 Å². The van der Waals surface area contributed by atoms with Crippen molar-refractivity contribution in [2.75, 3.05) is 6.79 Å². The van der Waals surface area contributed by atoms with E-state index in [-0.39, 0.29) is 24.2 Å². The van der Waals surface area contributed by atoms with Crippen LogP contribution in [0.2, 0.25) is 0 Å². The molecule has 0 saturated carbocycles. The van der Waals surface area contributed by atoms with Crippen LogP contribution in [-0.2, 0) is 20.7 Å². The number of nitrogens with one attached hydrogen (secondary N) is 1. The van der Waals surface area contributed by atoms with Crippen LogP contribution < -0.4 is 5.32 Å². The van der Waals surface area contributed by atoms with Gasteiger partial charge in [0, 0.05) is 5.57 Å². The summed E-state index contributed by atoms with van der Waals surface area (Å²) in [5, 5.41) is 3.13. The fourth-order valence-corrected chi connectivity index (χ4v) is 3.23. The zero-order valence-electron chi connectivity index (χ0n) is 11.6. The van der Waals surface area contributed by atoms with E-state index in [0.717, 1.165) is 12.8 Å². The highest BCUT2D eigenvalue weighted by Gasteiger charge is 2.30. The summed E-state index contributed by atoms with van der Waals surface area (Å²) in [6.45, 7) is 0.293. The highest BCUT2D eigenvalue weighted by Crippen LogP contribution is 2.31. The van der Waals surface area contributed by atoms with Crippen LogP contribution in [0, 0.1) is 0 Å². The van der Waals surface area contributed by atoms with Crippen LogP contribution in [0.5, 0.6) is 0 Å². The maximum atomic E-state index is 12.4. The van der Waals surface area contributed by atoms with Gasteiger partial charge in [-0.15, -0.1) is 0 Å². The van der Waals surface area contributed by atoms with Gasteiger partial charge in [0.2, 0.25) is 0 Å². The van der Waals surface area contributed by atoms with Crippen LogP contribution in [0.4, 0.5) is 0 Å². The summed E-state index contributed by atoms with van der Waals surface area (Å²) in [4.78, 5) is 12.4. The Morgan fingerprint density at radius 3 is 3.00 bits per heavy atom. The topological polar surface area (TPSA) is 47.6 Å². The van der Waals surface area contributed by atoms with Crippen LogP contribution in [-0.4, -0.2) is 24.9 Å². The number of hydrogen-bond donors (Lipinski definition) is 1. The zero-order chi connectivity index (χ0) is 14.2. The molecule has 4 nitrogen and oxygen atoms in total. The number of carbonyl (C=O) groups excluding carboxylic acids is 1. The number of fused-ring (bicyclic) bond motifs is 2. The molecular weight excluding hydrogens is 266 g/mol. The van der Waals surface area contributed by atoms with Gasteiger partial charge in [0.15, 0.2) is 0 Å². The molecule has 1 N–H and O–H groups in total. The third kappa shape index (κ3) is 2.30. The molecule has 4 heteroatoms. The van der Waals surface area contributed by atoms with Gasteiger partial charge in [-0.25, -0.2) is 0 Å². The molecule has 21 heavy (non-hydrogen) atoms. The molecule has 1 amide bonds. The molecule has 1 aromatic rings. The molecule has 2 aliphatic carbocycles. The third-order valence-corrected chi connectivity index (χ3v) is 4.35. The van der Waals surface area contributed by atoms with Gasteiger partial charge >= 0.3 is 0 Å². The monoisotopic (exact) mass is 283 g/mol. The second kappa shape index (κ2) is 5.13. The number of ether oxygens (including phenoxy) is 2. The Kier molecular flexibility index (Phi) is 3.13. The SMILES string of the molecule is O=C(NC1CCc2ccccc21)C1=CC2OCOC2C=C1. The molecule has 3 atom stereocenters. The number of aryl methyl sites for hydroxylation is 1. The number of carbonyl (C=O) groups is 1. The van der Waals surface area contributed by atoms with Gasteiger partial charge in [-0.2, -0.15) is 0 Å². The maximum absolute atomic E-state index is 12.4. The van der Waals surface area contributed by atoms with Gasteiger partial charge < -0.3 is 14.8 Å². The maximum Gasteiger partial charge on any atom is 0.251 e. The fraction of sp³-hybridized carbons (Fsp3) is 0.353. The van der Waals surface area contributed by atoms with Crippen molar-refractivity contribution in [3.8, 4) is 0 Å². The van der Waals surface area contributed by atoms with E-state index in [0.29, 0.717) is 12.4 Å². The Morgan fingerprint density at radius 1 is 1.19 bits per heavy atom. The van der Waals surface area contributed by atoms with Crippen LogP contribution in [0.3, 0.4) is 0 Å². The van der Waals surface area contributed by atoms with Gasteiger partial charge in [0.05, 0.1) is 6.04 Å². The van der Waals surface area contributed by atoms with E-state index in [4.69, 9.17) is 9.47 Å². The average molecular weight is 283 g/mol. The summed E-state index contributed by atoms with van der Waals surface area (Å²) in [5.74, 6) is -0.0399. The van der Waals surface area contributed by atoms with Gasteiger partial charge in [-0.3, -0.25) is 4.79 Å². The summed E-state index contributed by atoms with van der Waals surface area (Å²) in [7, 11) is 0. The molecule has 1 heterocycles. The molecule has 1 saturated heterocycles. The first-order valence-electron chi connectivity index (χ1n) is 7.33. The predicted octanol–water partition coefficient (Wildman–Crippen LogP) is 2.03. The number of benzene rings is 1. The van der Waals surface area contributed by atoms with Crippen molar-refractivity contribution in [2.24, 2.45) is 0 Å². The van der Waals surface area contributed by atoms with E-state index in [1.54, 1.807) is 0 Å². The summed E-state index contributed by atoms with van der Waals surface area (Å²) in [5.41, 5.74) is 3.24. The minimum absolute atomic E-state index is 0.0399. The number of rotatable bonds is 2. The summed E-state index contributed by atoms with van der Waals surface area (Å²) in [6, 6.07) is 8.42. The molecule has 0 spiro atoms. The summed E-state index contributed by atoms with van der Waals surface area (Å²) >= 11 is 0. The lowest BCUT2D eigenvalue weighted by Gasteiger charge is -2.18. The van der Waals surface area contributed by atoms with E-state index >= 15 is 0 Å². The van der Waals surface area contributed by atoms with Crippen LogP contribution in [0.25, 0.3) is 0 Å². The Hall–Kier alpha value is -1.91. The summed E-state index contributed by atoms with van der Waals surface area (Å²) in [6.07, 6.45) is 7.39. The van der Waals surface area contributed by atoms with Crippen molar-refractivity contribution in [1.82, 2.24) is 5.32 Å². The van der Waals surface area contributed by atoms with Crippen molar-refractivity contribution in [2.45, 2.75) is 31.1 Å². The minimum Gasteiger partial charge on any atom is -0.345 e. The van der Waals surface area contributed by atoms with Gasteiger partial charge in [-0.05, 0) is 30.0 Å². The largest absolute Gasteiger partial charge is 0.345 e. The lowest BCUT2D eigenvalue weighted by Crippen LogP contribution is -2.31. The molecule has 0 bridgehead atoms. The van der Waals surface area contributed by atoms with Crippen molar-refractivity contribution in [3.05, 3.63) is 59.2 Å². The molecule has 1 fully saturated rings. The lowest BCUT2D eigenvalue weighted by atomic mass is 10.0. The van der Waals surface area contributed by atoms with Crippen LogP contribution in [0.1, 0.15) is 23.6 Å². The first-order valence-corrected chi connectivity index (χ1v) is 7.33. The van der Waals surface area contributed by atoms with E-state index in [1.807, 2.05) is 30.4 Å². The first kappa shape index (κ1) is 12.8. The van der Waals surface area contributed by atoms with E-state index in [9.17, 15) is 4.79 Å². The fourth-order valence-electron chi connectivity index (χ4n) is 3.23. The van der Waals surface area contributed by atoms with E-state index < -0.39 is 0 Å². The minimum atomic E-state index is -0.133. The van der Waals surface area contributed by atoms with E-state index in [2.05, 4.69) is 17.4 Å². The normalized spacial score (nSPS) is 29.7. The van der Waals surface area contributed by atoms with E-state index in [1.165, 1.54) is 11.1 Å². The van der Waals surface area contributed by atoms with Gasteiger partial charge in [0.25, 0.3) is 5.91 Å². The lowest BCUT2D eigenvalue weighted by molar-refractivity contribution is -0.118. The summed E-state index contributed by atoms with van der Waals surface area (Å²) < 4.78 is 10.8. The zero-order valence-corrected chi connectivity index (χ0v) is 11.6. The molecule has 0 radical (unpaired) electrons. The van der Waals surface area contributed by atoms with Gasteiger partial charge in [-0.1, -0.05) is 36.4 Å². The number of hydrogen-bond acceptors (Lipinski definition) is 3. The second-order valence-corrected chi connectivity index (χ2v) is 5.63. The van der Waals surface area contributed by atoms with Crippen molar-refractivity contribution >= 4 is 5.91 Å². The molecule has 3 aliphatic rings. The molecule has 1 aliphatic heterocycles. The Balaban J connectivity index is 1.49. The molecular formula is C17H17NO3. The Bertz CT molecular complexity index is 635. The third-order valence-electron chi connectivity index (χ3n) is 4.35. The molecule has 1 aromatic carbocycles.